The lowest BCUT2D eigenvalue weighted by molar-refractivity contribution is 0.0203. The quantitative estimate of drug-likeness (QED) is 0.307. The lowest BCUT2D eigenvalue weighted by Gasteiger charge is -2.33. The highest BCUT2D eigenvalue weighted by Gasteiger charge is 2.18. The molecule has 0 aromatic heterocycles. The summed E-state index contributed by atoms with van der Waals surface area (Å²) in [6, 6.07) is 9.68. The average Bonchev–Trinajstić information content (AvgIpc) is 2.82. The molecular formula is C26H44N4O2. The fourth-order valence-corrected chi connectivity index (χ4v) is 4.43. The summed E-state index contributed by atoms with van der Waals surface area (Å²) in [7, 11) is 0. The first-order valence-corrected chi connectivity index (χ1v) is 12.7. The number of nitrogens with zero attached hydrogens (tertiary/aromatic N) is 2. The molecule has 0 spiro atoms. The molecule has 2 heterocycles. The van der Waals surface area contributed by atoms with Gasteiger partial charge in [-0.15, -0.1) is 0 Å². The Balaban J connectivity index is 1.35. The standard InChI is InChI=1S/C26H44N4O2/c1-3-27-26(28-14-6-16-32-21-25-12-17-31-18-13-25)29-19-23-8-10-24(11-9-23)20-30-15-5-4-7-22(30)2/h8-11,22,25H,3-7,12-21H2,1-2H3,(H2,27,28,29). The van der Waals surface area contributed by atoms with Crippen LogP contribution in [0.1, 0.15) is 63.5 Å². The Labute approximate surface area is 195 Å². The second-order valence-electron chi connectivity index (χ2n) is 9.24. The van der Waals surface area contributed by atoms with Gasteiger partial charge in [-0.25, -0.2) is 4.99 Å². The van der Waals surface area contributed by atoms with Crippen LogP contribution in [-0.2, 0) is 22.6 Å². The van der Waals surface area contributed by atoms with Crippen molar-refractivity contribution in [2.24, 2.45) is 10.9 Å². The molecule has 6 heteroatoms. The van der Waals surface area contributed by atoms with Crippen molar-refractivity contribution >= 4 is 5.96 Å². The number of ether oxygens (including phenoxy) is 2. The Morgan fingerprint density at radius 3 is 2.62 bits per heavy atom. The third kappa shape index (κ3) is 9.08. The normalized spacial score (nSPS) is 20.9. The fourth-order valence-electron chi connectivity index (χ4n) is 4.43. The summed E-state index contributed by atoms with van der Waals surface area (Å²) in [4.78, 5) is 7.37. The van der Waals surface area contributed by atoms with Crippen molar-refractivity contribution in [3.8, 4) is 0 Å². The van der Waals surface area contributed by atoms with Crippen molar-refractivity contribution in [2.75, 3.05) is 46.1 Å². The van der Waals surface area contributed by atoms with E-state index in [-0.39, 0.29) is 0 Å². The van der Waals surface area contributed by atoms with Crippen molar-refractivity contribution in [3.05, 3.63) is 35.4 Å². The van der Waals surface area contributed by atoms with Gasteiger partial charge < -0.3 is 20.1 Å². The van der Waals surface area contributed by atoms with Crippen LogP contribution >= 0.6 is 0 Å². The van der Waals surface area contributed by atoms with Gasteiger partial charge in [0.2, 0.25) is 0 Å². The molecule has 2 aliphatic rings. The van der Waals surface area contributed by atoms with Crippen LogP contribution < -0.4 is 10.6 Å². The van der Waals surface area contributed by atoms with Crippen molar-refractivity contribution in [1.82, 2.24) is 15.5 Å². The molecule has 3 rings (SSSR count). The van der Waals surface area contributed by atoms with Gasteiger partial charge in [-0.3, -0.25) is 4.90 Å². The van der Waals surface area contributed by atoms with E-state index in [0.717, 1.165) is 71.3 Å². The van der Waals surface area contributed by atoms with Gasteiger partial charge in [0, 0.05) is 52.1 Å². The van der Waals surface area contributed by atoms with Crippen molar-refractivity contribution in [2.45, 2.75) is 71.5 Å². The first-order chi connectivity index (χ1) is 15.7. The van der Waals surface area contributed by atoms with Crippen LogP contribution in [0, 0.1) is 5.92 Å². The SMILES string of the molecule is CCNC(=NCc1ccc(CN2CCCCC2C)cc1)NCCCOCC1CCOCC1. The highest BCUT2D eigenvalue weighted by molar-refractivity contribution is 5.79. The molecule has 1 unspecified atom stereocenters. The Morgan fingerprint density at radius 1 is 1.09 bits per heavy atom. The Morgan fingerprint density at radius 2 is 1.88 bits per heavy atom. The Kier molecular flexibility index (Phi) is 11.3. The molecule has 0 saturated carbocycles. The van der Waals surface area contributed by atoms with E-state index in [9.17, 15) is 0 Å². The van der Waals surface area contributed by atoms with Crippen LogP contribution in [0.3, 0.4) is 0 Å². The topological polar surface area (TPSA) is 58.1 Å². The van der Waals surface area contributed by atoms with Gasteiger partial charge in [0.1, 0.15) is 0 Å². The molecule has 2 saturated heterocycles. The summed E-state index contributed by atoms with van der Waals surface area (Å²) in [5.74, 6) is 1.55. The summed E-state index contributed by atoms with van der Waals surface area (Å²) in [6.07, 6.45) is 7.29. The number of guanidine groups is 1. The summed E-state index contributed by atoms with van der Waals surface area (Å²) >= 11 is 0. The first kappa shape index (κ1) is 25.0. The zero-order valence-corrected chi connectivity index (χ0v) is 20.3. The number of piperidine rings is 1. The number of rotatable bonds is 11. The number of aliphatic imine (C=N–C) groups is 1. The zero-order chi connectivity index (χ0) is 22.4. The molecule has 2 N–H and O–H groups in total. The number of nitrogens with one attached hydrogen (secondary N) is 2. The lowest BCUT2D eigenvalue weighted by Crippen LogP contribution is -2.38. The minimum absolute atomic E-state index is 0.672. The molecule has 0 radical (unpaired) electrons. The molecule has 1 atom stereocenters. The molecule has 2 aliphatic heterocycles. The van der Waals surface area contributed by atoms with Gasteiger partial charge in [0.05, 0.1) is 6.54 Å². The van der Waals surface area contributed by atoms with Crippen LogP contribution in [0.4, 0.5) is 0 Å². The minimum atomic E-state index is 0.672. The van der Waals surface area contributed by atoms with E-state index in [1.54, 1.807) is 0 Å². The lowest BCUT2D eigenvalue weighted by atomic mass is 10.0. The van der Waals surface area contributed by atoms with E-state index < -0.39 is 0 Å². The molecule has 0 amide bonds. The van der Waals surface area contributed by atoms with Crippen LogP contribution in [-0.4, -0.2) is 63.0 Å². The zero-order valence-electron chi connectivity index (χ0n) is 20.3. The first-order valence-electron chi connectivity index (χ1n) is 12.7. The smallest absolute Gasteiger partial charge is 0.191 e. The molecule has 32 heavy (non-hydrogen) atoms. The predicted molar refractivity (Wildman–Crippen MR) is 132 cm³/mol. The van der Waals surface area contributed by atoms with Gasteiger partial charge in [-0.1, -0.05) is 30.7 Å². The number of hydrogen-bond acceptors (Lipinski definition) is 4. The highest BCUT2D eigenvalue weighted by atomic mass is 16.5. The number of likely N-dealkylation sites (tertiary alicyclic amines) is 1. The Bertz CT molecular complexity index is 658. The molecule has 6 nitrogen and oxygen atoms in total. The van der Waals surface area contributed by atoms with Gasteiger partial charge in [0.25, 0.3) is 0 Å². The highest BCUT2D eigenvalue weighted by Crippen LogP contribution is 2.19. The minimum Gasteiger partial charge on any atom is -0.381 e. The fraction of sp³-hybridized carbons (Fsp3) is 0.731. The molecule has 1 aromatic rings. The summed E-state index contributed by atoms with van der Waals surface area (Å²) < 4.78 is 11.3. The van der Waals surface area contributed by atoms with Gasteiger partial charge in [-0.05, 0) is 69.5 Å². The summed E-state index contributed by atoms with van der Waals surface area (Å²) in [5, 5.41) is 6.78. The molecular weight excluding hydrogens is 400 g/mol. The monoisotopic (exact) mass is 444 g/mol. The van der Waals surface area contributed by atoms with E-state index in [0.29, 0.717) is 18.5 Å². The second-order valence-corrected chi connectivity index (χ2v) is 9.24. The van der Waals surface area contributed by atoms with Gasteiger partial charge >= 0.3 is 0 Å². The average molecular weight is 445 g/mol. The summed E-state index contributed by atoms with van der Waals surface area (Å²) in [5.41, 5.74) is 2.65. The third-order valence-electron chi connectivity index (χ3n) is 6.57. The van der Waals surface area contributed by atoms with Crippen LogP contribution in [0.15, 0.2) is 29.3 Å². The molecule has 180 valence electrons. The van der Waals surface area contributed by atoms with Crippen LogP contribution in [0.5, 0.6) is 0 Å². The Hall–Kier alpha value is -1.63. The molecule has 2 fully saturated rings. The number of hydrogen-bond donors (Lipinski definition) is 2. The maximum Gasteiger partial charge on any atom is 0.191 e. The van der Waals surface area contributed by atoms with Crippen molar-refractivity contribution in [1.29, 1.82) is 0 Å². The molecule has 1 aromatic carbocycles. The molecule has 0 bridgehead atoms. The maximum atomic E-state index is 5.86. The maximum absolute atomic E-state index is 5.86. The van der Waals surface area contributed by atoms with E-state index in [2.05, 4.69) is 53.6 Å². The van der Waals surface area contributed by atoms with Gasteiger partial charge in [-0.2, -0.15) is 0 Å². The third-order valence-corrected chi connectivity index (χ3v) is 6.57. The largest absolute Gasteiger partial charge is 0.381 e. The van der Waals surface area contributed by atoms with E-state index in [1.165, 1.54) is 36.9 Å². The number of benzene rings is 1. The van der Waals surface area contributed by atoms with E-state index >= 15 is 0 Å². The molecule has 0 aliphatic carbocycles. The van der Waals surface area contributed by atoms with Crippen molar-refractivity contribution < 1.29 is 9.47 Å². The second kappa shape index (κ2) is 14.5. The predicted octanol–water partition coefficient (Wildman–Crippen LogP) is 3.95. The van der Waals surface area contributed by atoms with Crippen LogP contribution in [0.25, 0.3) is 0 Å². The summed E-state index contributed by atoms with van der Waals surface area (Å²) in [6.45, 7) is 12.6. The van der Waals surface area contributed by atoms with Crippen LogP contribution in [0.2, 0.25) is 0 Å². The van der Waals surface area contributed by atoms with Crippen molar-refractivity contribution in [3.63, 3.8) is 0 Å². The van der Waals surface area contributed by atoms with Gasteiger partial charge in [0.15, 0.2) is 5.96 Å². The van der Waals surface area contributed by atoms with E-state index in [4.69, 9.17) is 14.5 Å². The van der Waals surface area contributed by atoms with E-state index in [1.807, 2.05) is 0 Å².